The van der Waals surface area contributed by atoms with Gasteiger partial charge in [-0.15, -0.1) is 0 Å². The fraction of sp³-hybridized carbons (Fsp3) is 0.111. The van der Waals surface area contributed by atoms with Gasteiger partial charge in [-0.2, -0.15) is 5.26 Å². The molecule has 0 spiro atoms. The Bertz CT molecular complexity index is 368. The third-order valence-electron chi connectivity index (χ3n) is 1.84. The molecular weight excluding hydrogens is 154 g/mol. The molecule has 1 aliphatic heterocycles. The van der Waals surface area contributed by atoms with Gasteiger partial charge < -0.3 is 4.74 Å². The highest BCUT2D eigenvalue weighted by atomic mass is 16.5. The maximum Gasteiger partial charge on any atom is 0.322 e. The van der Waals surface area contributed by atoms with Gasteiger partial charge in [-0.05, 0) is 12.2 Å². The van der Waals surface area contributed by atoms with Gasteiger partial charge in [0.25, 0.3) is 0 Å². The van der Waals surface area contributed by atoms with E-state index >= 15 is 0 Å². The molecule has 58 valence electrons. The molecule has 0 saturated heterocycles. The summed E-state index contributed by atoms with van der Waals surface area (Å²) >= 11 is 0. The van der Waals surface area contributed by atoms with Crippen molar-refractivity contribution in [3.8, 4) is 6.07 Å². The molecule has 0 saturated carbocycles. The monoisotopic (exact) mass is 159 g/mol. The summed E-state index contributed by atoms with van der Waals surface area (Å²) < 4.78 is 4.69. The lowest BCUT2D eigenvalue weighted by atomic mass is 9.94. The summed E-state index contributed by atoms with van der Waals surface area (Å²) in [6.07, 6.45) is 6.37. The standard InChI is InChI=1S/C9H5NO2/c10-4-6-1-2-8-7(3-6)5-12-9(8)11/h1-3,5,8H. The number of fused-ring (bicyclic) bond motifs is 1. The lowest BCUT2D eigenvalue weighted by Gasteiger charge is -2.05. The molecule has 1 heterocycles. The largest absolute Gasteiger partial charge is 0.433 e. The number of ether oxygens (including phenoxy) is 1. The minimum atomic E-state index is -0.290. The molecule has 3 heteroatoms. The molecule has 0 bridgehead atoms. The molecule has 1 atom stereocenters. The molecule has 2 aliphatic rings. The van der Waals surface area contributed by atoms with Gasteiger partial charge in [0, 0.05) is 5.57 Å². The number of allylic oxidation sites excluding steroid dienone is 3. The first kappa shape index (κ1) is 6.86. The lowest BCUT2D eigenvalue weighted by Crippen LogP contribution is -2.09. The highest BCUT2D eigenvalue weighted by molar-refractivity contribution is 5.83. The van der Waals surface area contributed by atoms with Crippen molar-refractivity contribution in [1.29, 1.82) is 5.26 Å². The van der Waals surface area contributed by atoms with Crippen LogP contribution in [0, 0.1) is 17.2 Å². The summed E-state index contributed by atoms with van der Waals surface area (Å²) in [6.45, 7) is 0. The number of carbonyl (C=O) groups is 1. The van der Waals surface area contributed by atoms with E-state index in [1.54, 1.807) is 18.2 Å². The molecular formula is C9H5NO2. The molecule has 1 aliphatic carbocycles. The number of cyclic esters (lactones) is 1. The first-order chi connectivity index (χ1) is 5.81. The molecule has 0 N–H and O–H groups in total. The van der Waals surface area contributed by atoms with E-state index in [0.717, 1.165) is 5.57 Å². The van der Waals surface area contributed by atoms with E-state index in [1.165, 1.54) is 6.26 Å². The SMILES string of the molecule is N#CC1=CC2=COC(=O)C2C=C1. The van der Waals surface area contributed by atoms with Crippen LogP contribution < -0.4 is 0 Å². The summed E-state index contributed by atoms with van der Waals surface area (Å²) in [4.78, 5) is 11.0. The van der Waals surface area contributed by atoms with Crippen molar-refractivity contribution in [3.05, 3.63) is 35.6 Å². The van der Waals surface area contributed by atoms with Crippen LogP contribution >= 0.6 is 0 Å². The maximum absolute atomic E-state index is 11.0. The molecule has 0 aromatic carbocycles. The third kappa shape index (κ3) is 0.857. The van der Waals surface area contributed by atoms with Crippen LogP contribution in [0.1, 0.15) is 0 Å². The molecule has 0 fully saturated rings. The summed E-state index contributed by atoms with van der Waals surface area (Å²) in [5.41, 5.74) is 1.31. The minimum absolute atomic E-state index is 0.269. The zero-order chi connectivity index (χ0) is 8.55. The third-order valence-corrected chi connectivity index (χ3v) is 1.84. The van der Waals surface area contributed by atoms with Crippen LogP contribution in [0.25, 0.3) is 0 Å². The predicted molar refractivity (Wildman–Crippen MR) is 40.5 cm³/mol. The maximum atomic E-state index is 11.0. The van der Waals surface area contributed by atoms with E-state index in [2.05, 4.69) is 4.74 Å². The van der Waals surface area contributed by atoms with E-state index in [1.807, 2.05) is 6.07 Å². The number of nitrogens with zero attached hydrogens (tertiary/aromatic N) is 1. The van der Waals surface area contributed by atoms with Crippen molar-refractivity contribution < 1.29 is 9.53 Å². The zero-order valence-electron chi connectivity index (χ0n) is 6.15. The van der Waals surface area contributed by atoms with Gasteiger partial charge in [0.2, 0.25) is 0 Å². The van der Waals surface area contributed by atoms with Crippen LogP contribution in [0.5, 0.6) is 0 Å². The van der Waals surface area contributed by atoms with E-state index in [9.17, 15) is 4.79 Å². The van der Waals surface area contributed by atoms with Crippen LogP contribution in [0.4, 0.5) is 0 Å². The van der Waals surface area contributed by atoms with Crippen molar-refractivity contribution >= 4 is 5.97 Å². The Balaban J connectivity index is 2.38. The Morgan fingerprint density at radius 1 is 1.58 bits per heavy atom. The quantitative estimate of drug-likeness (QED) is 0.496. The normalized spacial score (nSPS) is 25.2. The van der Waals surface area contributed by atoms with Gasteiger partial charge in [-0.1, -0.05) is 6.08 Å². The fourth-order valence-electron chi connectivity index (χ4n) is 1.22. The lowest BCUT2D eigenvalue weighted by molar-refractivity contribution is -0.137. The molecule has 3 nitrogen and oxygen atoms in total. The average Bonchev–Trinajstić information content (AvgIpc) is 2.47. The highest BCUT2D eigenvalue weighted by Gasteiger charge is 2.28. The molecule has 2 rings (SSSR count). The van der Waals surface area contributed by atoms with Gasteiger partial charge in [0.15, 0.2) is 0 Å². The van der Waals surface area contributed by atoms with Crippen molar-refractivity contribution in [2.24, 2.45) is 5.92 Å². The van der Waals surface area contributed by atoms with Crippen LogP contribution in [0.3, 0.4) is 0 Å². The van der Waals surface area contributed by atoms with Gasteiger partial charge in [0.1, 0.15) is 5.92 Å². The first-order valence-corrected chi connectivity index (χ1v) is 3.52. The van der Waals surface area contributed by atoms with Crippen LogP contribution in [-0.4, -0.2) is 5.97 Å². The van der Waals surface area contributed by atoms with Gasteiger partial charge in [0.05, 0.1) is 17.9 Å². The fourth-order valence-corrected chi connectivity index (χ4v) is 1.22. The Kier molecular flexibility index (Phi) is 1.34. The van der Waals surface area contributed by atoms with Gasteiger partial charge in [-0.3, -0.25) is 4.79 Å². The summed E-state index contributed by atoms with van der Waals surface area (Å²) in [7, 11) is 0. The predicted octanol–water partition coefficient (Wildman–Crippen LogP) is 1.06. The van der Waals surface area contributed by atoms with E-state index in [4.69, 9.17) is 5.26 Å². The zero-order valence-corrected chi connectivity index (χ0v) is 6.15. The second-order valence-corrected chi connectivity index (χ2v) is 2.60. The summed E-state index contributed by atoms with van der Waals surface area (Å²) in [5.74, 6) is -0.559. The van der Waals surface area contributed by atoms with Crippen molar-refractivity contribution in [2.75, 3.05) is 0 Å². The summed E-state index contributed by atoms with van der Waals surface area (Å²) in [6, 6.07) is 2.00. The van der Waals surface area contributed by atoms with Crippen molar-refractivity contribution in [3.63, 3.8) is 0 Å². The number of carbonyl (C=O) groups excluding carboxylic acids is 1. The second-order valence-electron chi connectivity index (χ2n) is 2.60. The first-order valence-electron chi connectivity index (χ1n) is 3.52. The van der Waals surface area contributed by atoms with Crippen LogP contribution in [0.15, 0.2) is 35.6 Å². The van der Waals surface area contributed by atoms with Crippen LogP contribution in [-0.2, 0) is 9.53 Å². The summed E-state index contributed by atoms with van der Waals surface area (Å²) in [5, 5.41) is 8.55. The van der Waals surface area contributed by atoms with E-state index < -0.39 is 0 Å². The molecule has 0 radical (unpaired) electrons. The minimum Gasteiger partial charge on any atom is -0.433 e. The smallest absolute Gasteiger partial charge is 0.322 e. The number of hydrogen-bond acceptors (Lipinski definition) is 3. The van der Waals surface area contributed by atoms with Gasteiger partial charge >= 0.3 is 5.97 Å². The average molecular weight is 159 g/mol. The van der Waals surface area contributed by atoms with Crippen LogP contribution in [0.2, 0.25) is 0 Å². The number of nitriles is 1. The highest BCUT2D eigenvalue weighted by Crippen LogP contribution is 2.27. The van der Waals surface area contributed by atoms with E-state index in [0.29, 0.717) is 5.57 Å². The number of esters is 1. The Hall–Kier alpha value is -1.82. The molecule has 12 heavy (non-hydrogen) atoms. The molecule has 0 aromatic heterocycles. The Morgan fingerprint density at radius 2 is 2.42 bits per heavy atom. The molecule has 0 amide bonds. The topological polar surface area (TPSA) is 50.1 Å². The van der Waals surface area contributed by atoms with Crippen molar-refractivity contribution in [1.82, 2.24) is 0 Å². The Morgan fingerprint density at radius 3 is 3.17 bits per heavy atom. The van der Waals surface area contributed by atoms with Gasteiger partial charge in [-0.25, -0.2) is 0 Å². The number of rotatable bonds is 0. The van der Waals surface area contributed by atoms with E-state index in [-0.39, 0.29) is 11.9 Å². The Labute approximate surface area is 69.2 Å². The second kappa shape index (κ2) is 2.35. The van der Waals surface area contributed by atoms with Crippen molar-refractivity contribution in [2.45, 2.75) is 0 Å². The molecule has 0 aromatic rings. The number of hydrogen-bond donors (Lipinski definition) is 0. The molecule has 1 unspecified atom stereocenters.